The smallest absolute Gasteiger partial charge is 0.137 e. The summed E-state index contributed by atoms with van der Waals surface area (Å²) in [4.78, 5) is 2.31. The van der Waals surface area contributed by atoms with E-state index in [-0.39, 0.29) is 5.92 Å². The van der Waals surface area contributed by atoms with Gasteiger partial charge in [0.1, 0.15) is 11.2 Å². The van der Waals surface area contributed by atoms with Crippen LogP contribution in [0, 0.1) is 0 Å². The van der Waals surface area contributed by atoms with Gasteiger partial charge < -0.3 is 9.32 Å². The van der Waals surface area contributed by atoms with E-state index >= 15 is 0 Å². The number of fused-ring (bicyclic) bond motifs is 5. The maximum absolute atomic E-state index is 6.95. The van der Waals surface area contributed by atoms with Crippen molar-refractivity contribution in [3.05, 3.63) is 235 Å². The van der Waals surface area contributed by atoms with Crippen LogP contribution in [0.3, 0.4) is 0 Å². The lowest BCUT2D eigenvalue weighted by atomic mass is 9.81. The second kappa shape index (κ2) is 14.0. The molecule has 9 aromatic carbocycles. The first-order valence-electron chi connectivity index (χ1n) is 18.9. The monoisotopic (exact) mass is 703 g/mol. The number of rotatable bonds is 8. The van der Waals surface area contributed by atoms with Gasteiger partial charge in [-0.2, -0.15) is 0 Å². The number of benzene rings is 9. The number of nitrogens with zero attached hydrogens (tertiary/aromatic N) is 1. The highest BCUT2D eigenvalue weighted by Crippen LogP contribution is 2.45. The van der Waals surface area contributed by atoms with Crippen molar-refractivity contribution < 1.29 is 4.42 Å². The molecule has 0 N–H and O–H groups in total. The molecule has 0 aliphatic rings. The summed E-state index contributed by atoms with van der Waals surface area (Å²) in [5.41, 5.74) is 13.4. The van der Waals surface area contributed by atoms with Crippen LogP contribution in [0.5, 0.6) is 0 Å². The zero-order chi connectivity index (χ0) is 36.6. The molecule has 260 valence electrons. The van der Waals surface area contributed by atoms with Crippen molar-refractivity contribution in [3.63, 3.8) is 0 Å². The molecule has 0 bridgehead atoms. The molecule has 0 aliphatic carbocycles. The zero-order valence-electron chi connectivity index (χ0n) is 30.2. The van der Waals surface area contributed by atoms with Gasteiger partial charge in [0.25, 0.3) is 0 Å². The highest BCUT2D eigenvalue weighted by Gasteiger charge is 2.24. The van der Waals surface area contributed by atoms with E-state index in [4.69, 9.17) is 4.42 Å². The number of para-hydroxylation sites is 1. The van der Waals surface area contributed by atoms with Crippen LogP contribution in [0.25, 0.3) is 55.0 Å². The van der Waals surface area contributed by atoms with Crippen molar-refractivity contribution in [2.24, 2.45) is 0 Å². The number of hydrogen-bond acceptors (Lipinski definition) is 2. The van der Waals surface area contributed by atoms with Crippen molar-refractivity contribution >= 4 is 49.8 Å². The van der Waals surface area contributed by atoms with Crippen LogP contribution in [0.2, 0.25) is 0 Å². The minimum Gasteiger partial charge on any atom is -0.456 e. The highest BCUT2D eigenvalue weighted by atomic mass is 16.3. The molecule has 0 amide bonds. The molecule has 0 saturated heterocycles. The molecule has 1 heterocycles. The third-order valence-electron chi connectivity index (χ3n) is 10.7. The Morgan fingerprint density at radius 1 is 0.327 bits per heavy atom. The summed E-state index contributed by atoms with van der Waals surface area (Å²) in [7, 11) is 0. The number of hydrogen-bond donors (Lipinski definition) is 0. The average molecular weight is 704 g/mol. The summed E-state index contributed by atoms with van der Waals surface area (Å²) in [5, 5.41) is 4.67. The highest BCUT2D eigenvalue weighted by molar-refractivity contribution is 6.20. The van der Waals surface area contributed by atoms with Gasteiger partial charge in [-0.3, -0.25) is 0 Å². The molecular weight excluding hydrogens is 667 g/mol. The lowest BCUT2D eigenvalue weighted by Gasteiger charge is -2.26. The van der Waals surface area contributed by atoms with E-state index in [9.17, 15) is 0 Å². The van der Waals surface area contributed by atoms with Gasteiger partial charge in [0.2, 0.25) is 0 Å². The molecule has 2 nitrogen and oxygen atoms in total. The Morgan fingerprint density at radius 3 is 1.56 bits per heavy atom. The Balaban J connectivity index is 1.15. The Hall–Kier alpha value is -7.16. The Kier molecular flexibility index (Phi) is 8.27. The van der Waals surface area contributed by atoms with E-state index in [1.54, 1.807) is 0 Å². The van der Waals surface area contributed by atoms with Gasteiger partial charge in [-0.25, -0.2) is 0 Å². The van der Waals surface area contributed by atoms with Crippen LogP contribution in [0.4, 0.5) is 17.1 Å². The molecule has 1 aromatic heterocycles. The number of anilines is 3. The molecular formula is C53H37NO. The summed E-state index contributed by atoms with van der Waals surface area (Å²) >= 11 is 0. The molecule has 0 radical (unpaired) electrons. The molecule has 10 rings (SSSR count). The average Bonchev–Trinajstić information content (AvgIpc) is 3.63. The summed E-state index contributed by atoms with van der Waals surface area (Å²) in [5.74, 6) is -0.00611. The minimum atomic E-state index is -0.00611. The Labute approximate surface area is 321 Å². The molecule has 0 spiro atoms. The molecule has 0 fully saturated rings. The topological polar surface area (TPSA) is 16.4 Å². The molecule has 0 aliphatic heterocycles. The molecule has 1 unspecified atom stereocenters. The normalized spacial score (nSPS) is 11.9. The third-order valence-corrected chi connectivity index (χ3v) is 10.7. The SMILES string of the molecule is c1ccc(-c2cccc(C(c3ccccc3)c3cc4oc5cc(N(c6ccccc6)c6cccc(-c7ccccc7)c6)ccc5c4c4ccccc34)c2)cc1. The van der Waals surface area contributed by atoms with E-state index in [1.807, 2.05) is 0 Å². The summed E-state index contributed by atoms with van der Waals surface area (Å²) < 4.78 is 6.95. The summed E-state index contributed by atoms with van der Waals surface area (Å²) in [6.45, 7) is 0. The van der Waals surface area contributed by atoms with Gasteiger partial charge in [0, 0.05) is 39.8 Å². The second-order valence-corrected chi connectivity index (χ2v) is 14.1. The van der Waals surface area contributed by atoms with Crippen LogP contribution in [0.1, 0.15) is 22.6 Å². The van der Waals surface area contributed by atoms with Gasteiger partial charge in [-0.05, 0) is 92.2 Å². The van der Waals surface area contributed by atoms with E-state index in [1.165, 1.54) is 49.7 Å². The molecule has 1 atom stereocenters. The molecule has 55 heavy (non-hydrogen) atoms. The first-order chi connectivity index (χ1) is 27.3. The largest absolute Gasteiger partial charge is 0.456 e. The Bertz CT molecular complexity index is 2920. The summed E-state index contributed by atoms with van der Waals surface area (Å²) in [6.07, 6.45) is 0. The first kappa shape index (κ1) is 32.5. The third kappa shape index (κ3) is 6.04. The minimum absolute atomic E-state index is 0.00611. The van der Waals surface area contributed by atoms with Crippen LogP contribution < -0.4 is 4.90 Å². The lowest BCUT2D eigenvalue weighted by Crippen LogP contribution is -2.09. The van der Waals surface area contributed by atoms with Gasteiger partial charge >= 0.3 is 0 Å². The van der Waals surface area contributed by atoms with Crippen LogP contribution in [-0.2, 0) is 0 Å². The second-order valence-electron chi connectivity index (χ2n) is 14.1. The van der Waals surface area contributed by atoms with Crippen molar-refractivity contribution in [2.75, 3.05) is 4.90 Å². The molecule has 2 heteroatoms. The first-order valence-corrected chi connectivity index (χ1v) is 18.9. The van der Waals surface area contributed by atoms with E-state index in [2.05, 4.69) is 223 Å². The van der Waals surface area contributed by atoms with Gasteiger partial charge in [-0.1, -0.05) is 170 Å². The fourth-order valence-corrected chi connectivity index (χ4v) is 8.24. The molecule has 10 aromatic rings. The van der Waals surface area contributed by atoms with Crippen LogP contribution >= 0.6 is 0 Å². The van der Waals surface area contributed by atoms with Crippen LogP contribution in [0.15, 0.2) is 223 Å². The van der Waals surface area contributed by atoms with Gasteiger partial charge in [0.15, 0.2) is 0 Å². The quantitative estimate of drug-likeness (QED) is 0.147. The van der Waals surface area contributed by atoms with E-state index < -0.39 is 0 Å². The maximum Gasteiger partial charge on any atom is 0.137 e. The zero-order valence-corrected chi connectivity index (χ0v) is 30.2. The van der Waals surface area contributed by atoms with Gasteiger partial charge in [0.05, 0.1) is 0 Å². The van der Waals surface area contributed by atoms with Crippen molar-refractivity contribution in [3.8, 4) is 22.3 Å². The predicted molar refractivity (Wildman–Crippen MR) is 231 cm³/mol. The van der Waals surface area contributed by atoms with Crippen molar-refractivity contribution in [1.82, 2.24) is 0 Å². The standard InChI is InChI=1S/C53H37NO/c1-5-17-37(18-6-1)40-23-15-25-42(33-40)52(39-21-9-3-10-22-39)49-36-51-53(47-30-14-13-29-46(47)49)48-32-31-45(35-50(48)55-51)54(43-26-11-4-12-27-43)44-28-16-24-41(34-44)38-19-7-2-8-20-38/h1-36,52H. The maximum atomic E-state index is 6.95. The van der Waals surface area contributed by atoms with Crippen molar-refractivity contribution in [2.45, 2.75) is 5.92 Å². The fraction of sp³-hybridized carbons (Fsp3) is 0.0189. The van der Waals surface area contributed by atoms with Crippen LogP contribution in [-0.4, -0.2) is 0 Å². The van der Waals surface area contributed by atoms with E-state index in [0.717, 1.165) is 39.0 Å². The lowest BCUT2D eigenvalue weighted by molar-refractivity contribution is 0.668. The van der Waals surface area contributed by atoms with E-state index in [0.29, 0.717) is 0 Å². The van der Waals surface area contributed by atoms with Crippen molar-refractivity contribution in [1.29, 1.82) is 0 Å². The summed E-state index contributed by atoms with van der Waals surface area (Å²) in [6, 6.07) is 78.2. The predicted octanol–water partition coefficient (Wildman–Crippen LogP) is 14.7. The fourth-order valence-electron chi connectivity index (χ4n) is 8.24. The molecule has 0 saturated carbocycles. The number of furan rings is 1. The Morgan fingerprint density at radius 2 is 0.855 bits per heavy atom. The van der Waals surface area contributed by atoms with Gasteiger partial charge in [-0.15, -0.1) is 0 Å².